The summed E-state index contributed by atoms with van der Waals surface area (Å²) in [5.74, 6) is 0. The Morgan fingerprint density at radius 3 is 3.05 bits per heavy atom. The third kappa shape index (κ3) is 2.95. The lowest BCUT2D eigenvalue weighted by atomic mass is 10.1. The van der Waals surface area contributed by atoms with Crippen LogP contribution in [-0.2, 0) is 4.74 Å². The van der Waals surface area contributed by atoms with Crippen LogP contribution in [0.2, 0.25) is 0 Å². The van der Waals surface area contributed by atoms with Crippen LogP contribution in [0.25, 0.3) is 11.2 Å². The summed E-state index contributed by atoms with van der Waals surface area (Å²) in [6.45, 7) is 3.52. The zero-order valence-electron chi connectivity index (χ0n) is 12.1. The lowest BCUT2D eigenvalue weighted by molar-refractivity contribution is 0.0872. The minimum Gasteiger partial charge on any atom is -0.404 e. The smallest absolute Gasteiger partial charge is 0.154 e. The number of imidazole rings is 1. The molecule has 6 nitrogen and oxygen atoms in total. The van der Waals surface area contributed by atoms with E-state index in [1.165, 1.54) is 0 Å². The van der Waals surface area contributed by atoms with E-state index in [9.17, 15) is 0 Å². The molecule has 3 rings (SSSR count). The summed E-state index contributed by atoms with van der Waals surface area (Å²) in [5, 5.41) is 4.48. The van der Waals surface area contributed by atoms with Crippen LogP contribution in [0.3, 0.4) is 0 Å². The van der Waals surface area contributed by atoms with E-state index in [-0.39, 0.29) is 0 Å². The number of ether oxygens (including phenoxy) is 1. The average Bonchev–Trinajstić information content (AvgIpc) is 2.96. The Hall–Kier alpha value is -2.21. The van der Waals surface area contributed by atoms with Crippen LogP contribution >= 0.6 is 0 Å². The van der Waals surface area contributed by atoms with Crippen molar-refractivity contribution in [2.24, 2.45) is 10.7 Å². The number of rotatable bonds is 3. The van der Waals surface area contributed by atoms with E-state index >= 15 is 0 Å². The first-order valence-electron chi connectivity index (χ1n) is 7.12. The van der Waals surface area contributed by atoms with Gasteiger partial charge in [-0.3, -0.25) is 4.99 Å². The van der Waals surface area contributed by atoms with Gasteiger partial charge in [-0.2, -0.15) is 5.10 Å². The van der Waals surface area contributed by atoms with Crippen molar-refractivity contribution in [3.8, 4) is 0 Å². The molecule has 0 aromatic carbocycles. The van der Waals surface area contributed by atoms with Crippen LogP contribution in [-0.4, -0.2) is 40.1 Å². The minimum atomic E-state index is 0.317. The highest BCUT2D eigenvalue weighted by Gasteiger charge is 2.12. The molecule has 0 radical (unpaired) electrons. The van der Waals surface area contributed by atoms with Gasteiger partial charge in [0.25, 0.3) is 0 Å². The molecule has 21 heavy (non-hydrogen) atoms. The molecule has 3 heterocycles. The van der Waals surface area contributed by atoms with Crippen LogP contribution in [0.4, 0.5) is 0 Å². The molecule has 1 aliphatic heterocycles. The second kappa shape index (κ2) is 6.05. The van der Waals surface area contributed by atoms with E-state index in [0.717, 1.165) is 48.5 Å². The quantitative estimate of drug-likeness (QED) is 0.869. The number of fused-ring (bicyclic) bond motifs is 1. The van der Waals surface area contributed by atoms with Crippen molar-refractivity contribution in [3.05, 3.63) is 35.9 Å². The minimum absolute atomic E-state index is 0.317. The van der Waals surface area contributed by atoms with Crippen molar-refractivity contribution in [1.29, 1.82) is 0 Å². The summed E-state index contributed by atoms with van der Waals surface area (Å²) in [5.41, 5.74) is 9.31. The first-order chi connectivity index (χ1) is 10.3. The predicted molar refractivity (Wildman–Crippen MR) is 82.2 cm³/mol. The van der Waals surface area contributed by atoms with Crippen LogP contribution in [0.5, 0.6) is 0 Å². The highest BCUT2D eigenvalue weighted by molar-refractivity contribution is 6.10. The number of aryl methyl sites for hydroxylation is 1. The lowest BCUT2D eigenvalue weighted by Gasteiger charge is -2.18. The molecule has 1 aliphatic rings. The Bertz CT molecular complexity index is 682. The normalized spacial score (nSPS) is 17.9. The molecule has 0 spiro atoms. The van der Waals surface area contributed by atoms with Gasteiger partial charge in [0.05, 0.1) is 11.7 Å². The van der Waals surface area contributed by atoms with E-state index in [0.29, 0.717) is 6.04 Å². The summed E-state index contributed by atoms with van der Waals surface area (Å²) in [6, 6.07) is 2.30. The summed E-state index contributed by atoms with van der Waals surface area (Å²) in [4.78, 5) is 8.89. The van der Waals surface area contributed by atoms with Gasteiger partial charge >= 0.3 is 0 Å². The maximum atomic E-state index is 5.78. The van der Waals surface area contributed by atoms with Crippen molar-refractivity contribution >= 4 is 17.4 Å². The van der Waals surface area contributed by atoms with Crippen molar-refractivity contribution in [2.75, 3.05) is 13.2 Å². The number of hydrogen-bond donors (Lipinski definition) is 1. The van der Waals surface area contributed by atoms with Gasteiger partial charge in [0.2, 0.25) is 0 Å². The Kier molecular flexibility index (Phi) is 3.96. The van der Waals surface area contributed by atoms with Gasteiger partial charge in [-0.05, 0) is 25.8 Å². The van der Waals surface area contributed by atoms with Gasteiger partial charge in [0.15, 0.2) is 5.65 Å². The molecule has 0 amide bonds. The Labute approximate surface area is 123 Å². The van der Waals surface area contributed by atoms with Gasteiger partial charge in [-0.1, -0.05) is 0 Å². The molecule has 0 aliphatic carbocycles. The third-order valence-corrected chi connectivity index (χ3v) is 3.68. The molecular weight excluding hydrogens is 266 g/mol. The van der Waals surface area contributed by atoms with E-state index in [4.69, 9.17) is 10.5 Å². The van der Waals surface area contributed by atoms with Crippen LogP contribution in [0, 0.1) is 6.92 Å². The van der Waals surface area contributed by atoms with Crippen molar-refractivity contribution in [2.45, 2.75) is 25.8 Å². The molecule has 0 atom stereocenters. The molecule has 1 fully saturated rings. The zero-order chi connectivity index (χ0) is 14.7. The fourth-order valence-corrected chi connectivity index (χ4v) is 2.46. The highest BCUT2D eigenvalue weighted by atomic mass is 16.5. The van der Waals surface area contributed by atoms with E-state index in [1.54, 1.807) is 16.9 Å². The highest BCUT2D eigenvalue weighted by Crippen LogP contribution is 2.18. The van der Waals surface area contributed by atoms with Crippen LogP contribution in [0.1, 0.15) is 24.1 Å². The standard InChI is InChI=1S/C15H19N5O/c1-11-14(8-15-17-4-5-20(15)19-11)12(9-16)10-18-13-2-6-21-7-3-13/h4-5,8-10,13H,2-3,6-7,16H2,1H3. The maximum absolute atomic E-state index is 5.78. The number of nitrogens with zero attached hydrogens (tertiary/aromatic N) is 4. The molecule has 6 heteroatoms. The molecule has 110 valence electrons. The summed E-state index contributed by atoms with van der Waals surface area (Å²) < 4.78 is 7.09. The first kappa shape index (κ1) is 13.8. The largest absolute Gasteiger partial charge is 0.404 e. The van der Waals surface area contributed by atoms with E-state index < -0.39 is 0 Å². The summed E-state index contributed by atoms with van der Waals surface area (Å²) >= 11 is 0. The topological polar surface area (TPSA) is 77.8 Å². The third-order valence-electron chi connectivity index (χ3n) is 3.68. The number of aliphatic imine (C=N–C) groups is 1. The molecule has 2 aromatic rings. The second-order valence-corrected chi connectivity index (χ2v) is 5.12. The number of aromatic nitrogens is 3. The van der Waals surface area contributed by atoms with Crippen molar-refractivity contribution in [1.82, 2.24) is 14.6 Å². The van der Waals surface area contributed by atoms with Gasteiger partial charge in [-0.25, -0.2) is 9.50 Å². The fraction of sp³-hybridized carbons (Fsp3) is 0.400. The van der Waals surface area contributed by atoms with Crippen LogP contribution in [0.15, 0.2) is 29.7 Å². The van der Waals surface area contributed by atoms with Crippen LogP contribution < -0.4 is 5.73 Å². The molecular formula is C15H19N5O. The van der Waals surface area contributed by atoms with E-state index in [2.05, 4.69) is 15.1 Å². The fourth-order valence-electron chi connectivity index (χ4n) is 2.46. The van der Waals surface area contributed by atoms with Crippen molar-refractivity contribution < 1.29 is 4.74 Å². The maximum Gasteiger partial charge on any atom is 0.154 e. The Balaban J connectivity index is 1.87. The monoisotopic (exact) mass is 285 g/mol. The molecule has 2 aromatic heterocycles. The molecule has 1 saturated heterocycles. The van der Waals surface area contributed by atoms with Gasteiger partial charge in [0, 0.05) is 49.2 Å². The molecule has 0 saturated carbocycles. The molecule has 2 N–H and O–H groups in total. The van der Waals surface area contributed by atoms with Gasteiger partial charge in [0.1, 0.15) is 0 Å². The first-order valence-corrected chi connectivity index (χ1v) is 7.12. The molecule has 0 bridgehead atoms. The lowest BCUT2D eigenvalue weighted by Crippen LogP contribution is -2.18. The number of nitrogens with two attached hydrogens (primary N) is 1. The Morgan fingerprint density at radius 1 is 1.48 bits per heavy atom. The summed E-state index contributed by atoms with van der Waals surface area (Å²) in [7, 11) is 0. The SMILES string of the molecule is Cc1nn2ccnc2cc1C(C=NC1CCOCC1)=CN. The number of hydrogen-bond acceptors (Lipinski definition) is 5. The Morgan fingerprint density at radius 2 is 2.29 bits per heavy atom. The average molecular weight is 285 g/mol. The van der Waals surface area contributed by atoms with Gasteiger partial charge < -0.3 is 10.5 Å². The second-order valence-electron chi connectivity index (χ2n) is 5.12. The van der Waals surface area contributed by atoms with Gasteiger partial charge in [-0.15, -0.1) is 0 Å². The molecule has 0 unspecified atom stereocenters. The number of allylic oxidation sites excluding steroid dienone is 1. The summed E-state index contributed by atoms with van der Waals surface area (Å²) in [6.07, 6.45) is 8.91. The zero-order valence-corrected chi connectivity index (χ0v) is 12.1. The predicted octanol–water partition coefficient (Wildman–Crippen LogP) is 1.59. The van der Waals surface area contributed by atoms with E-state index in [1.807, 2.05) is 25.4 Å². The van der Waals surface area contributed by atoms with Crippen molar-refractivity contribution in [3.63, 3.8) is 0 Å².